The van der Waals surface area contributed by atoms with Crippen molar-refractivity contribution in [2.75, 3.05) is 19.1 Å². The van der Waals surface area contributed by atoms with Gasteiger partial charge in [-0.3, -0.25) is 0 Å². The molecule has 144 valence electrons. The molecule has 2 aromatic rings. The molecule has 2 aromatic carbocycles. The zero-order valence-corrected chi connectivity index (χ0v) is 17.4. The van der Waals surface area contributed by atoms with E-state index in [0.29, 0.717) is 24.2 Å². The van der Waals surface area contributed by atoms with E-state index in [9.17, 15) is 0 Å². The molecule has 2 rings (SSSR count). The van der Waals surface area contributed by atoms with Crippen molar-refractivity contribution in [2.24, 2.45) is 5.92 Å². The first-order valence-corrected chi connectivity index (χ1v) is 10.6. The van der Waals surface area contributed by atoms with E-state index in [1.807, 2.05) is 30.3 Å². The molecule has 0 aliphatic rings. The van der Waals surface area contributed by atoms with E-state index in [0.717, 1.165) is 41.0 Å². The normalized spacial score (nSPS) is 11.3. The third-order valence-electron chi connectivity index (χ3n) is 4.26. The Hall–Kier alpha value is -1.12. The first-order valence-electron chi connectivity index (χ1n) is 9.65. The smallest absolute Gasteiger partial charge is 0.138 e. The molecular weight excluding hydrogens is 367 g/mol. The third-order valence-corrected chi connectivity index (χ3v) is 4.92. The van der Waals surface area contributed by atoms with Crippen molar-refractivity contribution in [3.05, 3.63) is 35.4 Å². The molecule has 26 heavy (non-hydrogen) atoms. The molecule has 0 aliphatic heterocycles. The van der Waals surface area contributed by atoms with Gasteiger partial charge in [-0.1, -0.05) is 57.2 Å². The lowest BCUT2D eigenvalue weighted by Gasteiger charge is -2.12. The molecule has 0 aliphatic carbocycles. The van der Waals surface area contributed by atoms with Crippen molar-refractivity contribution < 1.29 is 9.47 Å². The van der Waals surface area contributed by atoms with Crippen LogP contribution in [0.4, 0.5) is 0 Å². The number of alkyl halides is 1. The van der Waals surface area contributed by atoms with E-state index in [2.05, 4.69) is 13.8 Å². The van der Waals surface area contributed by atoms with Crippen LogP contribution in [0, 0.1) is 5.92 Å². The molecule has 0 spiro atoms. The van der Waals surface area contributed by atoms with Crippen LogP contribution in [0.15, 0.2) is 30.3 Å². The van der Waals surface area contributed by atoms with Crippen LogP contribution in [-0.2, 0) is 0 Å². The lowest BCUT2D eigenvalue weighted by Crippen LogP contribution is -2.04. The second-order valence-electron chi connectivity index (χ2n) is 7.12. The van der Waals surface area contributed by atoms with Gasteiger partial charge < -0.3 is 9.47 Å². The van der Waals surface area contributed by atoms with Gasteiger partial charge in [-0.25, -0.2) is 0 Å². The highest BCUT2D eigenvalue weighted by Gasteiger charge is 2.08. The van der Waals surface area contributed by atoms with Crippen LogP contribution in [0.1, 0.15) is 52.4 Å². The molecule has 0 heterocycles. The molecule has 4 heteroatoms. The SMILES string of the molecule is CC(C)COc1ccc2c(Cl)c(OCCCCCCCCCl)ccc2c1. The number of unbranched alkanes of at least 4 members (excludes halogenated alkanes) is 5. The van der Waals surface area contributed by atoms with Gasteiger partial charge in [-0.15, -0.1) is 11.6 Å². The summed E-state index contributed by atoms with van der Waals surface area (Å²) in [5.74, 6) is 2.92. The molecule has 0 fully saturated rings. The van der Waals surface area contributed by atoms with Gasteiger partial charge in [-0.2, -0.15) is 0 Å². The number of rotatable bonds is 12. The first-order chi connectivity index (χ1) is 12.6. The topological polar surface area (TPSA) is 18.5 Å². The van der Waals surface area contributed by atoms with Crippen molar-refractivity contribution in [3.8, 4) is 11.5 Å². The number of hydrogen-bond acceptors (Lipinski definition) is 2. The van der Waals surface area contributed by atoms with Crippen LogP contribution >= 0.6 is 23.2 Å². The molecule has 0 atom stereocenters. The van der Waals surface area contributed by atoms with Crippen molar-refractivity contribution in [1.29, 1.82) is 0 Å². The summed E-state index contributed by atoms with van der Waals surface area (Å²) < 4.78 is 11.7. The maximum Gasteiger partial charge on any atom is 0.138 e. The lowest BCUT2D eigenvalue weighted by atomic mass is 10.1. The van der Waals surface area contributed by atoms with Crippen LogP contribution in [-0.4, -0.2) is 19.1 Å². The van der Waals surface area contributed by atoms with Gasteiger partial charge in [-0.05, 0) is 48.4 Å². The van der Waals surface area contributed by atoms with Gasteiger partial charge in [0.1, 0.15) is 11.5 Å². The molecule has 0 bridgehead atoms. The highest BCUT2D eigenvalue weighted by Crippen LogP contribution is 2.34. The predicted octanol–water partition coefficient (Wildman–Crippen LogP) is 7.49. The lowest BCUT2D eigenvalue weighted by molar-refractivity contribution is 0.271. The summed E-state index contributed by atoms with van der Waals surface area (Å²) in [5, 5.41) is 2.75. The van der Waals surface area contributed by atoms with E-state index in [1.165, 1.54) is 25.7 Å². The average Bonchev–Trinajstić information content (AvgIpc) is 2.63. The first kappa shape index (κ1) is 21.2. The number of hydrogen-bond donors (Lipinski definition) is 0. The Morgan fingerprint density at radius 3 is 2.35 bits per heavy atom. The van der Waals surface area contributed by atoms with Crippen LogP contribution in [0.25, 0.3) is 10.8 Å². The van der Waals surface area contributed by atoms with E-state index in [-0.39, 0.29) is 0 Å². The minimum Gasteiger partial charge on any atom is -0.493 e. The Labute approximate surface area is 167 Å². The van der Waals surface area contributed by atoms with Gasteiger partial charge in [0.25, 0.3) is 0 Å². The Kier molecular flexibility index (Phi) is 9.42. The predicted molar refractivity (Wildman–Crippen MR) is 113 cm³/mol. The standard InChI is InChI=1S/C22H30Cl2O2/c1-17(2)16-26-19-10-11-20-18(15-19)9-12-21(22(20)24)25-14-8-6-4-3-5-7-13-23/h9-12,15,17H,3-8,13-14,16H2,1-2H3. The van der Waals surface area contributed by atoms with Crippen LogP contribution in [0.3, 0.4) is 0 Å². The minimum atomic E-state index is 0.505. The van der Waals surface area contributed by atoms with E-state index in [4.69, 9.17) is 32.7 Å². The summed E-state index contributed by atoms with van der Waals surface area (Å²) in [4.78, 5) is 0. The minimum absolute atomic E-state index is 0.505. The van der Waals surface area contributed by atoms with Gasteiger partial charge in [0.15, 0.2) is 0 Å². The number of fused-ring (bicyclic) bond motifs is 1. The maximum atomic E-state index is 6.54. The molecule has 0 saturated heterocycles. The summed E-state index contributed by atoms with van der Waals surface area (Å²) in [5.41, 5.74) is 0. The molecule has 0 saturated carbocycles. The summed E-state index contributed by atoms with van der Waals surface area (Å²) in [6.07, 6.45) is 7.08. The zero-order chi connectivity index (χ0) is 18.8. The summed E-state index contributed by atoms with van der Waals surface area (Å²) in [6, 6.07) is 10.0. The number of benzene rings is 2. The van der Waals surface area contributed by atoms with Crippen molar-refractivity contribution >= 4 is 34.0 Å². The second-order valence-corrected chi connectivity index (χ2v) is 7.88. The quantitative estimate of drug-likeness (QED) is 0.273. The van der Waals surface area contributed by atoms with E-state index < -0.39 is 0 Å². The molecule has 0 radical (unpaired) electrons. The maximum absolute atomic E-state index is 6.54. The van der Waals surface area contributed by atoms with Crippen LogP contribution in [0.5, 0.6) is 11.5 Å². The highest BCUT2D eigenvalue weighted by molar-refractivity contribution is 6.37. The highest BCUT2D eigenvalue weighted by atomic mass is 35.5. The summed E-state index contributed by atoms with van der Waals surface area (Å²) in [6.45, 7) is 5.70. The van der Waals surface area contributed by atoms with E-state index in [1.54, 1.807) is 0 Å². The van der Waals surface area contributed by atoms with Gasteiger partial charge in [0.05, 0.1) is 18.2 Å². The van der Waals surface area contributed by atoms with E-state index >= 15 is 0 Å². The third kappa shape index (κ3) is 6.89. The van der Waals surface area contributed by atoms with Gasteiger partial charge in [0.2, 0.25) is 0 Å². The van der Waals surface area contributed by atoms with Crippen molar-refractivity contribution in [3.63, 3.8) is 0 Å². The Balaban J connectivity index is 1.85. The fraction of sp³-hybridized carbons (Fsp3) is 0.545. The zero-order valence-electron chi connectivity index (χ0n) is 15.9. The van der Waals surface area contributed by atoms with Crippen LogP contribution < -0.4 is 9.47 Å². The monoisotopic (exact) mass is 396 g/mol. The molecule has 0 aromatic heterocycles. The van der Waals surface area contributed by atoms with Gasteiger partial charge in [0, 0.05) is 11.3 Å². The fourth-order valence-corrected chi connectivity index (χ4v) is 3.28. The molecule has 0 unspecified atom stereocenters. The molecule has 0 N–H and O–H groups in total. The molecule has 0 amide bonds. The van der Waals surface area contributed by atoms with Crippen molar-refractivity contribution in [1.82, 2.24) is 0 Å². The largest absolute Gasteiger partial charge is 0.493 e. The Morgan fingerprint density at radius 1 is 0.885 bits per heavy atom. The Morgan fingerprint density at radius 2 is 1.62 bits per heavy atom. The summed E-state index contributed by atoms with van der Waals surface area (Å²) >= 11 is 12.2. The van der Waals surface area contributed by atoms with Crippen LogP contribution in [0.2, 0.25) is 5.02 Å². The molecule has 2 nitrogen and oxygen atoms in total. The van der Waals surface area contributed by atoms with Gasteiger partial charge >= 0.3 is 0 Å². The second kappa shape index (κ2) is 11.6. The number of ether oxygens (including phenoxy) is 2. The average molecular weight is 397 g/mol. The molecular formula is C22H30Cl2O2. The summed E-state index contributed by atoms with van der Waals surface area (Å²) in [7, 11) is 0. The number of halogens is 2. The van der Waals surface area contributed by atoms with Crippen molar-refractivity contribution in [2.45, 2.75) is 52.4 Å². The Bertz CT molecular complexity index is 670. The fourth-order valence-electron chi connectivity index (χ4n) is 2.80.